The number of carbonyl (C=O) groups excluding carboxylic acids is 1. The number of rotatable bonds is 5. The lowest BCUT2D eigenvalue weighted by Gasteiger charge is -2.19. The van der Waals surface area contributed by atoms with Crippen LogP contribution in [0.1, 0.15) is 36.7 Å². The molecule has 0 unspecified atom stereocenters. The average molecular weight is 300 g/mol. The molecule has 2 N–H and O–H groups in total. The molecule has 1 amide bonds. The van der Waals surface area contributed by atoms with E-state index in [1.165, 1.54) is 11.6 Å². The van der Waals surface area contributed by atoms with Gasteiger partial charge >= 0.3 is 0 Å². The molecule has 22 heavy (non-hydrogen) atoms. The van der Waals surface area contributed by atoms with Gasteiger partial charge in [-0.3, -0.25) is 9.79 Å². The zero-order chi connectivity index (χ0) is 16.6. The maximum Gasteiger partial charge on any atom is 0.251 e. The highest BCUT2D eigenvalue weighted by Crippen LogP contribution is 2.22. The van der Waals surface area contributed by atoms with Crippen LogP contribution >= 0.6 is 0 Å². The quantitative estimate of drug-likeness (QED) is 0.497. The first-order valence-corrected chi connectivity index (χ1v) is 7.19. The van der Waals surface area contributed by atoms with Crippen molar-refractivity contribution in [1.29, 1.82) is 0 Å². The van der Waals surface area contributed by atoms with Gasteiger partial charge in [-0.15, -0.1) is 0 Å². The van der Waals surface area contributed by atoms with Crippen molar-refractivity contribution in [2.45, 2.75) is 26.2 Å². The Balaban J connectivity index is 2.73. The summed E-state index contributed by atoms with van der Waals surface area (Å²) >= 11 is 0. The van der Waals surface area contributed by atoms with Gasteiger partial charge in [-0.1, -0.05) is 39.0 Å². The number of carbonyl (C=O) groups is 1. The van der Waals surface area contributed by atoms with Gasteiger partial charge in [0.1, 0.15) is 0 Å². The number of nitrogens with one attached hydrogen (secondary N) is 1. The second kappa shape index (κ2) is 8.17. The Morgan fingerprint density at radius 3 is 2.41 bits per heavy atom. The van der Waals surface area contributed by atoms with Gasteiger partial charge < -0.3 is 10.4 Å². The lowest BCUT2D eigenvalue weighted by Crippen LogP contribution is -2.26. The van der Waals surface area contributed by atoms with Crippen LogP contribution in [-0.4, -0.2) is 30.8 Å². The van der Waals surface area contributed by atoms with Crippen molar-refractivity contribution >= 4 is 12.1 Å². The maximum absolute atomic E-state index is 12.1. The average Bonchev–Trinajstić information content (AvgIpc) is 2.49. The number of amides is 1. The highest BCUT2D eigenvalue weighted by Gasteiger charge is 2.14. The third kappa shape index (κ3) is 5.56. The van der Waals surface area contributed by atoms with Gasteiger partial charge in [0.25, 0.3) is 5.91 Å². The number of allylic oxidation sites excluding steroid dienone is 2. The summed E-state index contributed by atoms with van der Waals surface area (Å²) in [4.78, 5) is 16.1. The van der Waals surface area contributed by atoms with Crippen molar-refractivity contribution in [2.75, 3.05) is 13.6 Å². The van der Waals surface area contributed by atoms with E-state index >= 15 is 0 Å². The highest BCUT2D eigenvalue weighted by atomic mass is 16.2. The molecule has 1 aromatic carbocycles. The molecule has 0 atom stereocenters. The Morgan fingerprint density at radius 1 is 1.27 bits per heavy atom. The summed E-state index contributed by atoms with van der Waals surface area (Å²) in [5.74, 6) is -0.135. The number of aliphatic hydroxyl groups is 1. The van der Waals surface area contributed by atoms with E-state index in [2.05, 4.69) is 31.1 Å². The van der Waals surface area contributed by atoms with Crippen LogP contribution in [-0.2, 0) is 5.41 Å². The minimum atomic E-state index is -0.135. The molecule has 0 aliphatic rings. The molecule has 0 saturated heterocycles. The van der Waals surface area contributed by atoms with Gasteiger partial charge in [0.15, 0.2) is 0 Å². The fourth-order valence-electron chi connectivity index (χ4n) is 1.89. The number of aliphatic hydroxyl groups excluding tert-OH is 1. The predicted molar refractivity (Wildman–Crippen MR) is 91.7 cm³/mol. The van der Waals surface area contributed by atoms with Crippen LogP contribution in [0.25, 0.3) is 0 Å². The zero-order valence-corrected chi connectivity index (χ0v) is 13.6. The van der Waals surface area contributed by atoms with Crippen LogP contribution in [0.4, 0.5) is 0 Å². The third-order valence-electron chi connectivity index (χ3n) is 3.16. The van der Waals surface area contributed by atoms with Gasteiger partial charge in [-0.2, -0.15) is 0 Å². The van der Waals surface area contributed by atoms with E-state index < -0.39 is 0 Å². The summed E-state index contributed by atoms with van der Waals surface area (Å²) in [6.45, 7) is 6.76. The van der Waals surface area contributed by atoms with Gasteiger partial charge in [-0.25, -0.2) is 0 Å². The minimum absolute atomic E-state index is 0.0686. The maximum atomic E-state index is 12.1. The Bertz CT molecular complexity index is 576. The van der Waals surface area contributed by atoms with Crippen molar-refractivity contribution in [3.63, 3.8) is 0 Å². The van der Waals surface area contributed by atoms with Crippen molar-refractivity contribution in [3.05, 3.63) is 59.4 Å². The minimum Gasteiger partial charge on any atom is -0.516 e. The van der Waals surface area contributed by atoms with Crippen molar-refractivity contribution in [1.82, 2.24) is 5.32 Å². The van der Waals surface area contributed by atoms with Crippen molar-refractivity contribution < 1.29 is 9.90 Å². The van der Waals surface area contributed by atoms with Crippen LogP contribution in [0.5, 0.6) is 0 Å². The lowest BCUT2D eigenvalue weighted by molar-refractivity contribution is 0.0957. The van der Waals surface area contributed by atoms with Crippen LogP contribution in [0.15, 0.2) is 53.2 Å². The molecular formula is C18H24N2O2. The number of nitrogens with zero attached hydrogens (tertiary/aromatic N) is 1. The monoisotopic (exact) mass is 300 g/mol. The Morgan fingerprint density at radius 2 is 1.91 bits per heavy atom. The summed E-state index contributed by atoms with van der Waals surface area (Å²) < 4.78 is 0. The fraction of sp³-hybridized carbons (Fsp3) is 0.333. The molecule has 0 bridgehead atoms. The first kappa shape index (κ1) is 17.7. The SMILES string of the molecule is C\N=C/C(=C\C=C\O)CNC(=O)c1ccc(C(C)(C)C)cc1. The van der Waals surface area contributed by atoms with Crippen LogP contribution < -0.4 is 5.32 Å². The number of hydrogen-bond donors (Lipinski definition) is 2. The van der Waals surface area contributed by atoms with Gasteiger partial charge in [0.05, 0.1) is 6.26 Å². The molecular weight excluding hydrogens is 276 g/mol. The van der Waals surface area contributed by atoms with Crippen molar-refractivity contribution in [3.8, 4) is 0 Å². The second-order valence-corrected chi connectivity index (χ2v) is 5.98. The van der Waals surface area contributed by atoms with Gasteiger partial charge in [0, 0.05) is 25.4 Å². The molecule has 0 radical (unpaired) electrons. The van der Waals surface area contributed by atoms with Gasteiger partial charge in [0.2, 0.25) is 0 Å². The second-order valence-electron chi connectivity index (χ2n) is 5.98. The van der Waals surface area contributed by atoms with Crippen LogP contribution in [0.2, 0.25) is 0 Å². The Labute approximate surface area is 132 Å². The lowest BCUT2D eigenvalue weighted by atomic mass is 9.87. The Hall–Kier alpha value is -2.36. The smallest absolute Gasteiger partial charge is 0.251 e. The first-order valence-electron chi connectivity index (χ1n) is 7.19. The van der Waals surface area contributed by atoms with E-state index in [4.69, 9.17) is 5.11 Å². The van der Waals surface area contributed by atoms with Crippen LogP contribution in [0.3, 0.4) is 0 Å². The zero-order valence-electron chi connectivity index (χ0n) is 13.6. The summed E-state index contributed by atoms with van der Waals surface area (Å²) in [6, 6.07) is 7.63. The highest BCUT2D eigenvalue weighted by molar-refractivity contribution is 5.95. The van der Waals surface area contributed by atoms with E-state index in [0.29, 0.717) is 12.1 Å². The molecule has 4 nitrogen and oxygen atoms in total. The van der Waals surface area contributed by atoms with E-state index in [-0.39, 0.29) is 11.3 Å². The number of aliphatic imine (C=N–C) groups is 1. The summed E-state index contributed by atoms with van der Waals surface area (Å²) in [5.41, 5.74) is 2.68. The number of hydrogen-bond acceptors (Lipinski definition) is 3. The standard InChI is InChI=1S/C18H24N2O2/c1-18(2,3)16-9-7-15(8-10-16)17(22)20-13-14(12-19-4)6-5-11-21/h5-12,21H,13H2,1-4H3,(H,20,22)/b11-5+,14-6+,19-12-. The normalized spacial score (nSPS) is 13.0. The van der Waals surface area contributed by atoms with E-state index in [9.17, 15) is 4.79 Å². The van der Waals surface area contributed by atoms with E-state index in [1.54, 1.807) is 19.3 Å². The van der Waals surface area contributed by atoms with Gasteiger partial charge in [-0.05, 0) is 34.8 Å². The summed E-state index contributed by atoms with van der Waals surface area (Å²) in [7, 11) is 1.66. The molecule has 0 fully saturated rings. The molecule has 4 heteroatoms. The molecule has 0 saturated carbocycles. The molecule has 0 spiro atoms. The Kier molecular flexibility index (Phi) is 6.57. The number of benzene rings is 1. The summed E-state index contributed by atoms with van der Waals surface area (Å²) in [6.07, 6.45) is 5.76. The molecule has 1 rings (SSSR count). The van der Waals surface area contributed by atoms with E-state index in [1.807, 2.05) is 24.3 Å². The summed E-state index contributed by atoms with van der Waals surface area (Å²) in [5, 5.41) is 11.5. The van der Waals surface area contributed by atoms with Crippen molar-refractivity contribution in [2.24, 2.45) is 4.99 Å². The molecule has 118 valence electrons. The van der Waals surface area contributed by atoms with E-state index in [0.717, 1.165) is 11.8 Å². The molecule has 0 aromatic heterocycles. The first-order chi connectivity index (χ1) is 10.4. The largest absolute Gasteiger partial charge is 0.516 e. The fourth-order valence-corrected chi connectivity index (χ4v) is 1.89. The molecule has 0 aliphatic carbocycles. The molecule has 0 aliphatic heterocycles. The molecule has 0 heterocycles. The topological polar surface area (TPSA) is 61.7 Å². The third-order valence-corrected chi connectivity index (χ3v) is 3.16. The molecule has 1 aromatic rings. The van der Waals surface area contributed by atoms with Crippen LogP contribution in [0, 0.1) is 0 Å². The predicted octanol–water partition coefficient (Wildman–Crippen LogP) is 3.41.